The number of methoxy groups -OCH3 is 3. The van der Waals surface area contributed by atoms with Gasteiger partial charge in [0.25, 0.3) is 0 Å². The van der Waals surface area contributed by atoms with Gasteiger partial charge in [0, 0.05) is 0 Å². The van der Waals surface area contributed by atoms with Gasteiger partial charge in [0.1, 0.15) is 17.5 Å². The lowest BCUT2D eigenvalue weighted by Gasteiger charge is -2.16. The monoisotopic (exact) mass is 355 g/mol. The molecule has 6 nitrogen and oxygen atoms in total. The highest BCUT2D eigenvalue weighted by atomic mass is 16.5. The molecule has 1 atom stereocenters. The minimum absolute atomic E-state index is 0.0417. The molecule has 0 bridgehead atoms. The van der Waals surface area contributed by atoms with Crippen molar-refractivity contribution in [2.75, 3.05) is 21.3 Å². The molecular weight excluding hydrogens is 334 g/mol. The average Bonchev–Trinajstić information content (AvgIpc) is 2.71. The molecule has 1 unspecified atom stereocenters. The van der Waals surface area contributed by atoms with Gasteiger partial charge in [0.05, 0.1) is 27.8 Å². The van der Waals surface area contributed by atoms with Crippen LogP contribution in [0.1, 0.15) is 23.6 Å². The lowest BCUT2D eigenvalue weighted by Crippen LogP contribution is -2.03. The number of hydrogen-bond acceptors (Lipinski definition) is 6. The molecule has 0 fully saturated rings. The number of esters is 1. The Kier molecular flexibility index (Phi) is 6.91. The van der Waals surface area contributed by atoms with Gasteiger partial charge in [0.15, 0.2) is 0 Å². The third-order valence-corrected chi connectivity index (χ3v) is 3.97. The summed E-state index contributed by atoms with van der Waals surface area (Å²) in [7, 11) is 4.47. The summed E-state index contributed by atoms with van der Waals surface area (Å²) in [6, 6.07) is 13.5. The molecule has 0 heterocycles. The van der Waals surface area contributed by atoms with Gasteiger partial charge in [-0.3, -0.25) is 4.79 Å². The highest BCUT2D eigenvalue weighted by molar-refractivity contribution is 5.78. The number of rotatable bonds is 8. The second-order valence-corrected chi connectivity index (χ2v) is 5.45. The molecule has 2 aromatic rings. The minimum atomic E-state index is -0.765. The summed E-state index contributed by atoms with van der Waals surface area (Å²) < 4.78 is 15.0. The number of benzene rings is 2. The van der Waals surface area contributed by atoms with Crippen molar-refractivity contribution in [1.29, 1.82) is 0 Å². The molecular formula is C20H21NO5. The number of nitrogens with zero attached hydrogens (tertiary/aromatic N) is 1. The SMILES string of the molecule is COC(=O)CC=C(c1ccc(OC)cc1)C(N=O)c1ccc(OC)cc1. The molecule has 0 aliphatic heterocycles. The number of carbonyl (C=O) groups excluding carboxylic acids is 1. The summed E-state index contributed by atoms with van der Waals surface area (Å²) in [5.41, 5.74) is 2.10. The van der Waals surface area contributed by atoms with Crippen molar-refractivity contribution in [3.63, 3.8) is 0 Å². The third kappa shape index (κ3) is 4.69. The van der Waals surface area contributed by atoms with E-state index in [0.717, 1.165) is 5.56 Å². The normalized spacial score (nSPS) is 12.2. The number of carbonyl (C=O) groups is 1. The number of nitroso groups, excluding NO2 is 1. The summed E-state index contributed by atoms with van der Waals surface area (Å²) in [5.74, 6) is 0.986. The Morgan fingerprint density at radius 1 is 0.962 bits per heavy atom. The van der Waals surface area contributed by atoms with Gasteiger partial charge in [-0.05, 0) is 41.0 Å². The van der Waals surface area contributed by atoms with E-state index < -0.39 is 12.0 Å². The van der Waals surface area contributed by atoms with Crippen LogP contribution in [0, 0.1) is 4.91 Å². The van der Waals surface area contributed by atoms with Crippen molar-refractivity contribution in [2.24, 2.45) is 5.18 Å². The first kappa shape index (κ1) is 19.2. The number of ether oxygens (including phenoxy) is 3. The van der Waals surface area contributed by atoms with E-state index in [0.29, 0.717) is 22.6 Å². The fourth-order valence-electron chi connectivity index (χ4n) is 2.53. The molecule has 6 heteroatoms. The van der Waals surface area contributed by atoms with Crippen LogP contribution < -0.4 is 9.47 Å². The van der Waals surface area contributed by atoms with Gasteiger partial charge in [0.2, 0.25) is 0 Å². The van der Waals surface area contributed by atoms with E-state index in [1.54, 1.807) is 56.7 Å². The van der Waals surface area contributed by atoms with E-state index in [1.165, 1.54) is 7.11 Å². The molecule has 0 N–H and O–H groups in total. The molecule has 0 radical (unpaired) electrons. The van der Waals surface area contributed by atoms with Gasteiger partial charge >= 0.3 is 5.97 Å². The Morgan fingerprint density at radius 3 is 1.96 bits per heavy atom. The highest BCUT2D eigenvalue weighted by Gasteiger charge is 2.20. The molecule has 0 aliphatic carbocycles. The Hall–Kier alpha value is -3.15. The van der Waals surface area contributed by atoms with E-state index >= 15 is 0 Å². The second-order valence-electron chi connectivity index (χ2n) is 5.45. The van der Waals surface area contributed by atoms with E-state index in [2.05, 4.69) is 5.18 Å². The van der Waals surface area contributed by atoms with Crippen LogP contribution >= 0.6 is 0 Å². The minimum Gasteiger partial charge on any atom is -0.497 e. The quantitative estimate of drug-likeness (QED) is 0.525. The van der Waals surface area contributed by atoms with Gasteiger partial charge < -0.3 is 14.2 Å². The Morgan fingerprint density at radius 2 is 1.50 bits per heavy atom. The summed E-state index contributed by atoms with van der Waals surface area (Å²) in [5, 5.41) is 3.29. The van der Waals surface area contributed by atoms with E-state index in [4.69, 9.17) is 14.2 Å². The average molecular weight is 355 g/mol. The molecule has 2 rings (SSSR count). The Bertz CT molecular complexity index is 766. The first-order valence-corrected chi connectivity index (χ1v) is 8.00. The third-order valence-electron chi connectivity index (χ3n) is 3.97. The maximum absolute atomic E-state index is 11.6. The first-order chi connectivity index (χ1) is 12.6. The molecule has 0 amide bonds. The smallest absolute Gasteiger partial charge is 0.309 e. The maximum atomic E-state index is 11.6. The van der Waals surface area contributed by atoms with Crippen LogP contribution in [-0.4, -0.2) is 27.3 Å². The van der Waals surface area contributed by atoms with Gasteiger partial charge in [-0.2, -0.15) is 0 Å². The largest absolute Gasteiger partial charge is 0.497 e. The topological polar surface area (TPSA) is 74.2 Å². The molecule has 0 aliphatic rings. The molecule has 0 saturated heterocycles. The van der Waals surface area contributed by atoms with Crippen LogP contribution in [0.2, 0.25) is 0 Å². The first-order valence-electron chi connectivity index (χ1n) is 8.00. The summed E-state index contributed by atoms with van der Waals surface area (Å²) in [6.45, 7) is 0. The zero-order valence-electron chi connectivity index (χ0n) is 15.0. The van der Waals surface area contributed by atoms with Crippen LogP contribution in [0.5, 0.6) is 11.5 Å². The van der Waals surface area contributed by atoms with E-state index in [-0.39, 0.29) is 6.42 Å². The molecule has 0 aromatic heterocycles. The maximum Gasteiger partial charge on any atom is 0.309 e. The van der Waals surface area contributed by atoms with Gasteiger partial charge in [-0.1, -0.05) is 35.5 Å². The molecule has 0 spiro atoms. The Balaban J connectivity index is 2.44. The van der Waals surface area contributed by atoms with Crippen molar-refractivity contribution in [3.05, 3.63) is 70.6 Å². The molecule has 2 aromatic carbocycles. The Labute approximate surface area is 152 Å². The van der Waals surface area contributed by atoms with Gasteiger partial charge in [-0.15, -0.1) is 4.91 Å². The predicted octanol–water partition coefficient (Wildman–Crippen LogP) is 4.16. The highest BCUT2D eigenvalue weighted by Crippen LogP contribution is 2.35. The van der Waals surface area contributed by atoms with Crippen LogP contribution in [0.25, 0.3) is 5.57 Å². The lowest BCUT2D eigenvalue weighted by molar-refractivity contribution is -0.139. The van der Waals surface area contributed by atoms with Crippen molar-refractivity contribution < 1.29 is 19.0 Å². The van der Waals surface area contributed by atoms with E-state index in [9.17, 15) is 9.70 Å². The molecule has 136 valence electrons. The fraction of sp³-hybridized carbons (Fsp3) is 0.250. The van der Waals surface area contributed by atoms with Crippen LogP contribution in [0.3, 0.4) is 0 Å². The zero-order chi connectivity index (χ0) is 18.9. The van der Waals surface area contributed by atoms with Crippen molar-refractivity contribution >= 4 is 11.5 Å². The second kappa shape index (κ2) is 9.36. The number of hydrogen-bond donors (Lipinski definition) is 0. The predicted molar refractivity (Wildman–Crippen MR) is 99.1 cm³/mol. The van der Waals surface area contributed by atoms with Crippen LogP contribution in [-0.2, 0) is 9.53 Å². The van der Waals surface area contributed by atoms with Crippen LogP contribution in [0.4, 0.5) is 0 Å². The van der Waals surface area contributed by atoms with Gasteiger partial charge in [-0.25, -0.2) is 0 Å². The lowest BCUT2D eigenvalue weighted by atomic mass is 9.92. The standard InChI is InChI=1S/C20H21NO5/c1-24-16-8-4-14(5-9-16)18(12-13-19(22)26-3)20(21-23)15-6-10-17(25-2)11-7-15/h4-12,20H,13H2,1-3H3. The van der Waals surface area contributed by atoms with E-state index in [1.807, 2.05) is 12.1 Å². The van der Waals surface area contributed by atoms with Crippen molar-refractivity contribution in [2.45, 2.75) is 12.5 Å². The summed E-state index contributed by atoms with van der Waals surface area (Å²) in [4.78, 5) is 23.2. The van der Waals surface area contributed by atoms with Crippen molar-refractivity contribution in [1.82, 2.24) is 0 Å². The summed E-state index contributed by atoms with van der Waals surface area (Å²) in [6.07, 6.45) is 1.71. The fourth-order valence-corrected chi connectivity index (χ4v) is 2.53. The molecule has 26 heavy (non-hydrogen) atoms. The zero-order valence-corrected chi connectivity index (χ0v) is 15.0. The van der Waals surface area contributed by atoms with Crippen molar-refractivity contribution in [3.8, 4) is 11.5 Å². The van der Waals surface area contributed by atoms with Crippen LogP contribution in [0.15, 0.2) is 59.8 Å². The molecule has 0 saturated carbocycles. The summed E-state index contributed by atoms with van der Waals surface area (Å²) >= 11 is 0.